The van der Waals surface area contributed by atoms with Crippen molar-refractivity contribution in [3.63, 3.8) is 0 Å². The predicted molar refractivity (Wildman–Crippen MR) is 84.3 cm³/mol. The minimum absolute atomic E-state index is 0.307. The number of para-hydroxylation sites is 1. The molecular formula is C16H18N2O2S. The lowest BCUT2D eigenvalue weighted by molar-refractivity contribution is 0.572. The Labute approximate surface area is 125 Å². The van der Waals surface area contributed by atoms with Crippen LogP contribution in [-0.2, 0) is 23.2 Å². The van der Waals surface area contributed by atoms with Crippen LogP contribution < -0.4 is 9.03 Å². The van der Waals surface area contributed by atoms with Crippen LogP contribution in [0.5, 0.6) is 0 Å². The van der Waals surface area contributed by atoms with Crippen LogP contribution in [0.2, 0.25) is 0 Å². The largest absolute Gasteiger partial charge is 0.301 e. The summed E-state index contributed by atoms with van der Waals surface area (Å²) in [5, 5.41) is 0. The first-order valence-corrected chi connectivity index (χ1v) is 8.50. The Hall–Kier alpha value is -1.85. The number of rotatable bonds is 4. The van der Waals surface area contributed by atoms with Gasteiger partial charge in [-0.25, -0.2) is 0 Å². The highest BCUT2D eigenvalue weighted by Crippen LogP contribution is 2.28. The average molecular weight is 302 g/mol. The van der Waals surface area contributed by atoms with E-state index in [4.69, 9.17) is 0 Å². The van der Waals surface area contributed by atoms with Crippen LogP contribution in [0.25, 0.3) is 0 Å². The number of nitrogens with one attached hydrogen (secondary N) is 1. The fraction of sp³-hybridized carbons (Fsp3) is 0.250. The van der Waals surface area contributed by atoms with Crippen molar-refractivity contribution in [3.05, 3.63) is 65.7 Å². The van der Waals surface area contributed by atoms with Crippen molar-refractivity contribution < 1.29 is 8.42 Å². The van der Waals surface area contributed by atoms with Crippen molar-refractivity contribution in [2.45, 2.75) is 19.4 Å². The summed E-state index contributed by atoms with van der Waals surface area (Å²) in [5.74, 6) is 0. The zero-order valence-corrected chi connectivity index (χ0v) is 12.5. The molecule has 0 aromatic heterocycles. The smallest absolute Gasteiger partial charge is 0.258 e. The van der Waals surface area contributed by atoms with Crippen LogP contribution in [0, 0.1) is 0 Å². The molecule has 1 aliphatic heterocycles. The lowest BCUT2D eigenvalue weighted by Gasteiger charge is -2.30. The van der Waals surface area contributed by atoms with Gasteiger partial charge in [-0.2, -0.15) is 13.1 Å². The van der Waals surface area contributed by atoms with Crippen LogP contribution in [0.1, 0.15) is 17.5 Å². The first-order chi connectivity index (χ1) is 10.2. The second-order valence-corrected chi connectivity index (χ2v) is 6.80. The maximum atomic E-state index is 12.5. The van der Waals surface area contributed by atoms with Crippen LogP contribution in [0.3, 0.4) is 0 Å². The van der Waals surface area contributed by atoms with Crippen LogP contribution in [-0.4, -0.2) is 15.0 Å². The Kier molecular flexibility index (Phi) is 3.94. The number of anilines is 1. The molecule has 110 valence electrons. The molecule has 2 aromatic carbocycles. The van der Waals surface area contributed by atoms with Gasteiger partial charge in [0.2, 0.25) is 0 Å². The molecule has 1 N–H and O–H groups in total. The Morgan fingerprint density at radius 2 is 1.71 bits per heavy atom. The number of aryl methyl sites for hydroxylation is 1. The van der Waals surface area contributed by atoms with Gasteiger partial charge in [0.15, 0.2) is 0 Å². The molecule has 4 nitrogen and oxygen atoms in total. The fourth-order valence-electron chi connectivity index (χ4n) is 2.60. The molecule has 0 saturated carbocycles. The minimum atomic E-state index is -3.51. The topological polar surface area (TPSA) is 49.4 Å². The fourth-order valence-corrected chi connectivity index (χ4v) is 3.91. The van der Waals surface area contributed by atoms with Gasteiger partial charge in [-0.15, -0.1) is 0 Å². The lowest BCUT2D eigenvalue weighted by atomic mass is 10.0. The maximum Gasteiger partial charge on any atom is 0.301 e. The molecule has 21 heavy (non-hydrogen) atoms. The maximum absolute atomic E-state index is 12.5. The quantitative estimate of drug-likeness (QED) is 0.943. The van der Waals surface area contributed by atoms with Gasteiger partial charge in [0.1, 0.15) is 0 Å². The van der Waals surface area contributed by atoms with E-state index in [9.17, 15) is 8.42 Å². The predicted octanol–water partition coefficient (Wildman–Crippen LogP) is 2.47. The molecule has 0 fully saturated rings. The van der Waals surface area contributed by atoms with Crippen LogP contribution in [0.4, 0.5) is 5.69 Å². The molecule has 0 atom stereocenters. The number of benzene rings is 2. The van der Waals surface area contributed by atoms with Crippen molar-refractivity contribution in [1.29, 1.82) is 0 Å². The molecule has 0 aliphatic carbocycles. The van der Waals surface area contributed by atoms with Crippen molar-refractivity contribution in [2.24, 2.45) is 0 Å². The SMILES string of the molecule is O=S(=O)(NCc1ccccc1)N1CCCc2ccccc21. The highest BCUT2D eigenvalue weighted by Gasteiger charge is 2.26. The van der Waals surface area contributed by atoms with E-state index >= 15 is 0 Å². The van der Waals surface area contributed by atoms with Crippen molar-refractivity contribution in [2.75, 3.05) is 10.8 Å². The molecule has 0 radical (unpaired) electrons. The lowest BCUT2D eigenvalue weighted by Crippen LogP contribution is -2.43. The summed E-state index contributed by atoms with van der Waals surface area (Å²) in [6, 6.07) is 17.2. The monoisotopic (exact) mass is 302 g/mol. The average Bonchev–Trinajstić information content (AvgIpc) is 2.53. The van der Waals surface area contributed by atoms with Gasteiger partial charge in [-0.3, -0.25) is 4.31 Å². The van der Waals surface area contributed by atoms with Gasteiger partial charge in [0.25, 0.3) is 0 Å². The molecule has 0 bridgehead atoms. The number of nitrogens with zero attached hydrogens (tertiary/aromatic N) is 1. The van der Waals surface area contributed by atoms with Gasteiger partial charge < -0.3 is 0 Å². The molecule has 3 rings (SSSR count). The Balaban J connectivity index is 1.80. The first kappa shape index (κ1) is 14.1. The number of hydrogen-bond donors (Lipinski definition) is 1. The summed E-state index contributed by atoms with van der Waals surface area (Å²) < 4.78 is 29.2. The Morgan fingerprint density at radius 3 is 2.52 bits per heavy atom. The third-order valence-electron chi connectivity index (χ3n) is 3.66. The van der Waals surface area contributed by atoms with Gasteiger partial charge in [0, 0.05) is 13.1 Å². The van der Waals surface area contributed by atoms with E-state index in [-0.39, 0.29) is 0 Å². The summed E-state index contributed by atoms with van der Waals surface area (Å²) in [6.07, 6.45) is 1.78. The first-order valence-electron chi connectivity index (χ1n) is 7.06. The van der Waals surface area contributed by atoms with E-state index in [1.807, 2.05) is 54.6 Å². The zero-order chi connectivity index (χ0) is 14.7. The Morgan fingerprint density at radius 1 is 1.00 bits per heavy atom. The molecule has 1 aliphatic rings. The van der Waals surface area contributed by atoms with Crippen LogP contribution >= 0.6 is 0 Å². The van der Waals surface area contributed by atoms with Crippen molar-refractivity contribution in [1.82, 2.24) is 4.72 Å². The van der Waals surface area contributed by atoms with Crippen molar-refractivity contribution >= 4 is 15.9 Å². The molecule has 0 unspecified atom stereocenters. The number of fused-ring (bicyclic) bond motifs is 1. The molecule has 0 saturated heterocycles. The van der Waals surface area contributed by atoms with E-state index in [1.165, 1.54) is 4.31 Å². The minimum Gasteiger partial charge on any atom is -0.258 e. The van der Waals surface area contributed by atoms with E-state index in [2.05, 4.69) is 4.72 Å². The van der Waals surface area contributed by atoms with Gasteiger partial charge in [-0.05, 0) is 30.0 Å². The zero-order valence-electron chi connectivity index (χ0n) is 11.7. The summed E-state index contributed by atoms with van der Waals surface area (Å²) in [6.45, 7) is 0.836. The summed E-state index contributed by atoms with van der Waals surface area (Å²) in [4.78, 5) is 0. The highest BCUT2D eigenvalue weighted by atomic mass is 32.2. The van der Waals surface area contributed by atoms with Gasteiger partial charge in [-0.1, -0.05) is 48.5 Å². The molecule has 5 heteroatoms. The molecule has 1 heterocycles. The van der Waals surface area contributed by atoms with E-state index in [1.54, 1.807) is 0 Å². The molecule has 0 amide bonds. The molecule has 0 spiro atoms. The van der Waals surface area contributed by atoms with Gasteiger partial charge >= 0.3 is 10.2 Å². The van der Waals surface area contributed by atoms with E-state index in [0.29, 0.717) is 13.1 Å². The molecule has 2 aromatic rings. The summed E-state index contributed by atoms with van der Waals surface area (Å²) in [7, 11) is -3.51. The Bertz CT molecular complexity index is 714. The normalized spacial score (nSPS) is 14.8. The summed E-state index contributed by atoms with van der Waals surface area (Å²) >= 11 is 0. The van der Waals surface area contributed by atoms with Crippen molar-refractivity contribution in [3.8, 4) is 0 Å². The van der Waals surface area contributed by atoms with E-state index in [0.717, 1.165) is 29.7 Å². The summed E-state index contributed by atoms with van der Waals surface area (Å²) in [5.41, 5.74) is 2.84. The highest BCUT2D eigenvalue weighted by molar-refractivity contribution is 7.90. The second-order valence-electron chi connectivity index (χ2n) is 5.12. The standard InChI is InChI=1S/C16H18N2O2S/c19-21(20,17-13-14-7-2-1-3-8-14)18-12-6-10-15-9-4-5-11-16(15)18/h1-5,7-9,11,17H,6,10,12-13H2. The van der Waals surface area contributed by atoms with E-state index < -0.39 is 10.2 Å². The molecular weight excluding hydrogens is 284 g/mol. The van der Waals surface area contributed by atoms with Crippen LogP contribution in [0.15, 0.2) is 54.6 Å². The third-order valence-corrected chi connectivity index (χ3v) is 5.13. The third kappa shape index (κ3) is 3.09. The second kappa shape index (κ2) is 5.87. The number of hydrogen-bond acceptors (Lipinski definition) is 2. The van der Waals surface area contributed by atoms with Gasteiger partial charge in [0.05, 0.1) is 5.69 Å².